The second kappa shape index (κ2) is 11.8. The summed E-state index contributed by atoms with van der Waals surface area (Å²) >= 11 is 0. The number of rotatable bonds is 9. The Balaban J connectivity index is 1.54. The Labute approximate surface area is 259 Å². The zero-order chi connectivity index (χ0) is 32.7. The van der Waals surface area contributed by atoms with E-state index in [1.165, 1.54) is 0 Å². The fraction of sp³-hybridized carbons (Fsp3) is 0.229. The van der Waals surface area contributed by atoms with Gasteiger partial charge in [0.05, 0.1) is 16.9 Å². The summed E-state index contributed by atoms with van der Waals surface area (Å²) in [4.78, 5) is 11.9. The van der Waals surface area contributed by atoms with Crippen molar-refractivity contribution < 1.29 is 35.9 Å². The summed E-state index contributed by atoms with van der Waals surface area (Å²) in [6.45, 7) is 6.29. The number of furan rings is 1. The minimum atomic E-state index is -4.71. The van der Waals surface area contributed by atoms with Gasteiger partial charge in [0.1, 0.15) is 5.76 Å². The third kappa shape index (κ3) is 6.39. The fourth-order valence-corrected chi connectivity index (χ4v) is 7.21. The van der Waals surface area contributed by atoms with Gasteiger partial charge in [0.15, 0.2) is 0 Å². The van der Waals surface area contributed by atoms with Gasteiger partial charge in [-0.05, 0) is 78.6 Å². The first-order valence-electron chi connectivity index (χ1n) is 14.2. The van der Waals surface area contributed by atoms with Gasteiger partial charge < -0.3 is 9.52 Å². The number of carbonyl (C=O) groups is 1. The Morgan fingerprint density at radius 3 is 2.09 bits per heavy atom. The molecule has 6 nitrogen and oxygen atoms in total. The molecular weight excluding hydrogens is 603 g/mol. The van der Waals surface area contributed by atoms with Crippen LogP contribution in [0.15, 0.2) is 100 Å². The number of hydrogen-bond acceptors (Lipinski definition) is 4. The Morgan fingerprint density at radius 1 is 0.800 bits per heavy atom. The van der Waals surface area contributed by atoms with Crippen molar-refractivity contribution in [3.8, 4) is 11.1 Å². The number of benzene rings is 4. The molecular formula is C35H32F3NO5S. The zero-order valence-corrected chi connectivity index (χ0v) is 26.0. The van der Waals surface area contributed by atoms with Crippen LogP contribution in [0.2, 0.25) is 0 Å². The largest absolute Gasteiger partial charge is 0.481 e. The Bertz CT molecular complexity index is 1990. The number of nitrogens with zero attached hydrogens (tertiary/aromatic N) is 1. The van der Waals surface area contributed by atoms with Crippen LogP contribution >= 0.6 is 0 Å². The maximum absolute atomic E-state index is 14.4. The summed E-state index contributed by atoms with van der Waals surface area (Å²) in [5.74, 6) is -2.30. The van der Waals surface area contributed by atoms with Gasteiger partial charge >= 0.3 is 12.1 Å². The second-order valence-electron chi connectivity index (χ2n) is 11.6. The molecule has 0 aliphatic carbocycles. The highest BCUT2D eigenvalue weighted by Crippen LogP contribution is 2.35. The normalized spacial score (nSPS) is 12.6. The minimum Gasteiger partial charge on any atom is -0.481 e. The molecule has 0 unspecified atom stereocenters. The van der Waals surface area contributed by atoms with Gasteiger partial charge in [0.25, 0.3) is 0 Å². The Morgan fingerprint density at radius 2 is 1.47 bits per heavy atom. The molecule has 1 N–H and O–H groups in total. The van der Waals surface area contributed by atoms with E-state index in [1.807, 2.05) is 25.1 Å². The number of carboxylic acids is 1. The summed E-state index contributed by atoms with van der Waals surface area (Å²) in [7, 11) is -4.25. The van der Waals surface area contributed by atoms with Crippen molar-refractivity contribution in [2.24, 2.45) is 0 Å². The Hall–Kier alpha value is -4.41. The van der Waals surface area contributed by atoms with Crippen LogP contribution in [0.25, 0.3) is 21.9 Å². The van der Waals surface area contributed by atoms with Crippen LogP contribution in [0.1, 0.15) is 47.6 Å². The number of fused-ring (bicyclic) bond motifs is 1. The molecule has 234 valence electrons. The van der Waals surface area contributed by atoms with Crippen LogP contribution in [0, 0.1) is 13.8 Å². The number of aliphatic carboxylic acids is 1. The summed E-state index contributed by atoms with van der Waals surface area (Å²) in [5, 5.41) is 10.9. The molecule has 10 heteroatoms. The van der Waals surface area contributed by atoms with Crippen molar-refractivity contribution in [3.05, 3.63) is 125 Å². The van der Waals surface area contributed by atoms with Crippen LogP contribution in [-0.2, 0) is 39.5 Å². The average Bonchev–Trinajstić information content (AvgIpc) is 3.47. The van der Waals surface area contributed by atoms with E-state index in [1.54, 1.807) is 81.4 Å². The maximum atomic E-state index is 14.4. The van der Waals surface area contributed by atoms with Gasteiger partial charge in [-0.2, -0.15) is 17.5 Å². The van der Waals surface area contributed by atoms with Gasteiger partial charge in [0.2, 0.25) is 15.8 Å². The summed E-state index contributed by atoms with van der Waals surface area (Å²) in [5.41, 5.74) is 3.13. The second-order valence-corrected chi connectivity index (χ2v) is 13.5. The molecule has 1 aromatic heterocycles. The smallest absolute Gasteiger partial charge is 0.449 e. The van der Waals surface area contributed by atoms with Crippen molar-refractivity contribution in [1.29, 1.82) is 0 Å². The molecule has 0 aliphatic rings. The Kier molecular flexibility index (Phi) is 8.41. The highest BCUT2D eigenvalue weighted by atomic mass is 32.2. The lowest BCUT2D eigenvalue weighted by atomic mass is 9.83. The lowest BCUT2D eigenvalue weighted by molar-refractivity contribution is -0.153. The highest BCUT2D eigenvalue weighted by molar-refractivity contribution is 7.89. The van der Waals surface area contributed by atoms with Crippen LogP contribution in [-0.4, -0.2) is 23.8 Å². The molecule has 0 amide bonds. The van der Waals surface area contributed by atoms with Gasteiger partial charge in [-0.1, -0.05) is 78.9 Å². The van der Waals surface area contributed by atoms with E-state index in [9.17, 15) is 31.5 Å². The molecule has 5 rings (SSSR count). The molecule has 0 saturated carbocycles. The van der Waals surface area contributed by atoms with Crippen LogP contribution in [0.5, 0.6) is 0 Å². The molecule has 0 aliphatic heterocycles. The molecule has 1 heterocycles. The van der Waals surface area contributed by atoms with Crippen molar-refractivity contribution in [1.82, 2.24) is 4.31 Å². The quantitative estimate of drug-likeness (QED) is 0.176. The highest BCUT2D eigenvalue weighted by Gasteiger charge is 2.36. The third-order valence-electron chi connectivity index (χ3n) is 8.02. The zero-order valence-electron chi connectivity index (χ0n) is 25.1. The molecule has 0 fully saturated rings. The fourth-order valence-electron chi connectivity index (χ4n) is 5.41. The topological polar surface area (TPSA) is 87.8 Å². The van der Waals surface area contributed by atoms with Crippen molar-refractivity contribution in [2.75, 3.05) is 0 Å². The number of hydrogen-bond donors (Lipinski definition) is 1. The number of carboxylic acid groups (broad SMARTS) is 1. The molecule has 0 saturated heterocycles. The maximum Gasteiger partial charge on any atom is 0.449 e. The number of halogens is 3. The third-order valence-corrected chi connectivity index (χ3v) is 10.0. The summed E-state index contributed by atoms with van der Waals surface area (Å²) in [6, 6.07) is 25.1. The number of alkyl halides is 3. The van der Waals surface area contributed by atoms with E-state index in [0.717, 1.165) is 38.5 Å². The predicted molar refractivity (Wildman–Crippen MR) is 166 cm³/mol. The van der Waals surface area contributed by atoms with Crippen molar-refractivity contribution in [2.45, 2.75) is 57.3 Å². The average molecular weight is 636 g/mol. The van der Waals surface area contributed by atoms with E-state index in [4.69, 9.17) is 4.42 Å². The number of aryl methyl sites for hydroxylation is 2. The summed E-state index contributed by atoms with van der Waals surface area (Å²) < 4.78 is 74.8. The molecule has 0 radical (unpaired) electrons. The molecule has 5 aromatic rings. The molecule has 0 bridgehead atoms. The summed E-state index contributed by atoms with van der Waals surface area (Å²) in [6.07, 6.45) is -4.71. The standard InChI is InChI=1S/C35H32F3NO5S/c1-22-18-23(2)32(30-11-6-5-10-29(22)30)45(42,43)39(21-28-16-17-31(44-28)35(36,37)38)20-24-12-14-25(15-13-24)26-8-7-9-27(19-26)34(3,4)33(40)41/h5-19H,20-21H2,1-4H3,(H,40,41). The molecule has 45 heavy (non-hydrogen) atoms. The van der Waals surface area contributed by atoms with Gasteiger partial charge in [-0.25, -0.2) is 8.42 Å². The number of sulfonamides is 1. The van der Waals surface area contributed by atoms with Crippen molar-refractivity contribution >= 4 is 26.8 Å². The lowest BCUT2D eigenvalue weighted by Gasteiger charge is -2.24. The van der Waals surface area contributed by atoms with Gasteiger partial charge in [0, 0.05) is 11.9 Å². The van der Waals surface area contributed by atoms with Crippen molar-refractivity contribution in [3.63, 3.8) is 0 Å². The van der Waals surface area contributed by atoms with Crippen LogP contribution < -0.4 is 0 Å². The molecule has 4 aromatic carbocycles. The van der Waals surface area contributed by atoms with E-state index in [2.05, 4.69) is 0 Å². The first kappa shape index (κ1) is 32.0. The first-order chi connectivity index (χ1) is 21.1. The van der Waals surface area contributed by atoms with E-state index in [-0.39, 0.29) is 17.2 Å². The van der Waals surface area contributed by atoms with Gasteiger partial charge in [-0.15, -0.1) is 0 Å². The van der Waals surface area contributed by atoms with Crippen LogP contribution in [0.3, 0.4) is 0 Å². The first-order valence-corrected chi connectivity index (χ1v) is 15.6. The van der Waals surface area contributed by atoms with Crippen LogP contribution in [0.4, 0.5) is 13.2 Å². The SMILES string of the molecule is Cc1cc(C)c2ccccc2c1S(=O)(=O)N(Cc1ccc(-c2cccc(C(C)(C)C(=O)O)c2)cc1)Cc1ccc(C(F)(F)F)o1. The predicted octanol–water partition coefficient (Wildman–Crippen LogP) is 8.49. The monoisotopic (exact) mass is 635 g/mol. The van der Waals surface area contributed by atoms with E-state index in [0.29, 0.717) is 22.1 Å². The lowest BCUT2D eigenvalue weighted by Crippen LogP contribution is -2.31. The molecule has 0 spiro atoms. The molecule has 0 atom stereocenters. The minimum absolute atomic E-state index is 0.0841. The van der Waals surface area contributed by atoms with E-state index >= 15 is 0 Å². The van der Waals surface area contributed by atoms with Gasteiger partial charge in [-0.3, -0.25) is 4.79 Å². The van der Waals surface area contributed by atoms with E-state index < -0.39 is 39.9 Å².